The summed E-state index contributed by atoms with van der Waals surface area (Å²) < 4.78 is 16.5. The summed E-state index contributed by atoms with van der Waals surface area (Å²) in [5.74, 6) is 0.356. The van der Waals surface area contributed by atoms with Crippen molar-refractivity contribution in [1.29, 1.82) is 0 Å². The third kappa shape index (κ3) is 3.81. The molecule has 0 bridgehead atoms. The number of hydrogen-bond donors (Lipinski definition) is 1. The van der Waals surface area contributed by atoms with Gasteiger partial charge in [0.25, 0.3) is 11.7 Å². The number of fused-ring (bicyclic) bond motifs is 1. The topological polar surface area (TPSA) is 85.3 Å². The van der Waals surface area contributed by atoms with Crippen molar-refractivity contribution in [3.05, 3.63) is 59.2 Å². The minimum atomic E-state index is -0.662. The largest absolute Gasteiger partial charge is 0.507 e. The smallest absolute Gasteiger partial charge is 0.295 e. The van der Waals surface area contributed by atoms with Crippen molar-refractivity contribution in [2.45, 2.75) is 57.7 Å². The van der Waals surface area contributed by atoms with Crippen molar-refractivity contribution >= 4 is 17.4 Å². The Morgan fingerprint density at radius 3 is 2.42 bits per heavy atom. The SMILES string of the molecule is CC(C)Oc1ccc(C2/C(=C(/O)c3ccc4c(c3)OCO4)C(=O)C(=O)N2C2CCCC2)cc1. The van der Waals surface area contributed by atoms with Crippen LogP contribution in [0.5, 0.6) is 17.2 Å². The summed E-state index contributed by atoms with van der Waals surface area (Å²) >= 11 is 0. The van der Waals surface area contributed by atoms with Crippen LogP contribution in [0.15, 0.2) is 48.0 Å². The molecule has 2 aromatic carbocycles. The summed E-state index contributed by atoms with van der Waals surface area (Å²) in [4.78, 5) is 28.1. The highest BCUT2D eigenvalue weighted by Crippen LogP contribution is 2.44. The molecular weight excluding hydrogens is 422 g/mol. The van der Waals surface area contributed by atoms with E-state index in [0.717, 1.165) is 31.2 Å². The first-order valence-electron chi connectivity index (χ1n) is 11.4. The first-order chi connectivity index (χ1) is 15.9. The van der Waals surface area contributed by atoms with Crippen LogP contribution >= 0.6 is 0 Å². The molecular formula is C26H27NO6. The molecule has 2 fully saturated rings. The van der Waals surface area contributed by atoms with Crippen LogP contribution in [0.25, 0.3) is 5.76 Å². The maximum Gasteiger partial charge on any atom is 0.295 e. The minimum Gasteiger partial charge on any atom is -0.507 e. The van der Waals surface area contributed by atoms with E-state index in [1.54, 1.807) is 23.1 Å². The molecule has 1 N–H and O–H groups in total. The summed E-state index contributed by atoms with van der Waals surface area (Å²) in [6.45, 7) is 4.01. The van der Waals surface area contributed by atoms with Crippen LogP contribution in [0.3, 0.4) is 0 Å². The van der Waals surface area contributed by atoms with Crippen molar-refractivity contribution in [2.75, 3.05) is 6.79 Å². The van der Waals surface area contributed by atoms with Gasteiger partial charge in [-0.3, -0.25) is 9.59 Å². The third-order valence-electron chi connectivity index (χ3n) is 6.41. The molecule has 7 nitrogen and oxygen atoms in total. The molecule has 2 aliphatic heterocycles. The zero-order valence-corrected chi connectivity index (χ0v) is 18.7. The van der Waals surface area contributed by atoms with Crippen molar-refractivity contribution in [3.8, 4) is 17.2 Å². The Morgan fingerprint density at radius 1 is 1.03 bits per heavy atom. The Labute approximate surface area is 192 Å². The van der Waals surface area contributed by atoms with E-state index in [9.17, 15) is 14.7 Å². The van der Waals surface area contributed by atoms with Crippen LogP contribution in [-0.2, 0) is 9.59 Å². The monoisotopic (exact) mass is 449 g/mol. The van der Waals surface area contributed by atoms with Gasteiger partial charge in [0.2, 0.25) is 6.79 Å². The van der Waals surface area contributed by atoms with Gasteiger partial charge in [-0.25, -0.2) is 0 Å². The van der Waals surface area contributed by atoms with Gasteiger partial charge in [-0.2, -0.15) is 0 Å². The molecule has 2 heterocycles. The predicted molar refractivity (Wildman–Crippen MR) is 121 cm³/mol. The summed E-state index contributed by atoms with van der Waals surface area (Å²) in [6.07, 6.45) is 3.77. The molecule has 3 aliphatic rings. The molecule has 0 spiro atoms. The number of likely N-dealkylation sites (tertiary alicyclic amines) is 1. The number of hydrogen-bond acceptors (Lipinski definition) is 6. The first-order valence-corrected chi connectivity index (χ1v) is 11.4. The lowest BCUT2D eigenvalue weighted by atomic mass is 9.94. The molecule has 1 saturated heterocycles. The summed E-state index contributed by atoms with van der Waals surface area (Å²) in [5.41, 5.74) is 1.27. The van der Waals surface area contributed by atoms with Gasteiger partial charge < -0.3 is 24.2 Å². The third-order valence-corrected chi connectivity index (χ3v) is 6.41. The van der Waals surface area contributed by atoms with Gasteiger partial charge in [0, 0.05) is 11.6 Å². The van der Waals surface area contributed by atoms with Gasteiger partial charge in [-0.15, -0.1) is 0 Å². The molecule has 1 unspecified atom stereocenters. The number of nitrogens with zero attached hydrogens (tertiary/aromatic N) is 1. The van der Waals surface area contributed by atoms with E-state index in [-0.39, 0.29) is 30.3 Å². The average molecular weight is 450 g/mol. The van der Waals surface area contributed by atoms with E-state index in [1.165, 1.54) is 0 Å². The number of ketones is 1. The van der Waals surface area contributed by atoms with Crippen LogP contribution in [0, 0.1) is 0 Å². The van der Waals surface area contributed by atoms with E-state index in [4.69, 9.17) is 14.2 Å². The highest BCUT2D eigenvalue weighted by atomic mass is 16.7. The number of rotatable bonds is 5. The van der Waals surface area contributed by atoms with Gasteiger partial charge in [0.05, 0.1) is 17.7 Å². The van der Waals surface area contributed by atoms with Crippen molar-refractivity contribution in [3.63, 3.8) is 0 Å². The molecule has 2 aromatic rings. The molecule has 1 atom stereocenters. The van der Waals surface area contributed by atoms with Crippen LogP contribution < -0.4 is 14.2 Å². The summed E-state index contributed by atoms with van der Waals surface area (Å²) in [7, 11) is 0. The Bertz CT molecular complexity index is 1110. The van der Waals surface area contributed by atoms with Crippen LogP contribution in [-0.4, -0.2) is 40.6 Å². The molecule has 0 aromatic heterocycles. The number of Topliss-reactive ketones (excluding diaryl/α,β-unsaturated/α-hetero) is 1. The number of aliphatic hydroxyl groups excluding tert-OH is 1. The first kappa shape index (κ1) is 21.4. The maximum atomic E-state index is 13.2. The molecule has 172 valence electrons. The Kier molecular flexibility index (Phi) is 5.48. The second kappa shape index (κ2) is 8.46. The average Bonchev–Trinajstić information content (AvgIpc) is 3.54. The molecule has 1 aliphatic carbocycles. The standard InChI is InChI=1S/C26H27NO6/c1-15(2)33-19-10-7-16(8-11-19)23-22(25(29)26(30)27(23)18-5-3-4-6-18)24(28)17-9-12-20-21(13-17)32-14-31-20/h7-13,15,18,23,28H,3-6,14H2,1-2H3/b24-22-. The highest BCUT2D eigenvalue weighted by Gasteiger charge is 2.49. The Balaban J connectivity index is 1.60. The lowest BCUT2D eigenvalue weighted by Crippen LogP contribution is -2.37. The zero-order chi connectivity index (χ0) is 23.1. The van der Waals surface area contributed by atoms with E-state index < -0.39 is 17.7 Å². The summed E-state index contributed by atoms with van der Waals surface area (Å²) in [5, 5.41) is 11.3. The molecule has 7 heteroatoms. The van der Waals surface area contributed by atoms with E-state index in [0.29, 0.717) is 22.8 Å². The fourth-order valence-corrected chi connectivity index (χ4v) is 4.94. The van der Waals surface area contributed by atoms with Gasteiger partial charge >= 0.3 is 0 Å². The van der Waals surface area contributed by atoms with Crippen LogP contribution in [0.1, 0.15) is 56.7 Å². The van der Waals surface area contributed by atoms with Gasteiger partial charge in [0.15, 0.2) is 11.5 Å². The van der Waals surface area contributed by atoms with Crippen molar-refractivity contribution in [1.82, 2.24) is 4.90 Å². The lowest BCUT2D eigenvalue weighted by molar-refractivity contribution is -0.141. The fourth-order valence-electron chi connectivity index (χ4n) is 4.94. The Morgan fingerprint density at radius 2 is 1.73 bits per heavy atom. The minimum absolute atomic E-state index is 0.0277. The molecule has 1 saturated carbocycles. The fraction of sp³-hybridized carbons (Fsp3) is 0.385. The van der Waals surface area contributed by atoms with Crippen LogP contribution in [0.2, 0.25) is 0 Å². The number of amides is 1. The number of carbonyl (C=O) groups is 2. The second-order valence-corrected chi connectivity index (χ2v) is 8.95. The molecule has 33 heavy (non-hydrogen) atoms. The summed E-state index contributed by atoms with van der Waals surface area (Å²) in [6, 6.07) is 11.7. The van der Waals surface area contributed by atoms with Gasteiger partial charge in [0.1, 0.15) is 11.5 Å². The predicted octanol–water partition coefficient (Wildman–Crippen LogP) is 4.57. The Hall–Kier alpha value is -3.48. The van der Waals surface area contributed by atoms with Crippen LogP contribution in [0.4, 0.5) is 0 Å². The normalized spacial score (nSPS) is 21.9. The molecule has 1 amide bonds. The highest BCUT2D eigenvalue weighted by molar-refractivity contribution is 6.46. The number of ether oxygens (including phenoxy) is 3. The number of aliphatic hydroxyl groups is 1. The lowest BCUT2D eigenvalue weighted by Gasteiger charge is -2.31. The number of benzene rings is 2. The van der Waals surface area contributed by atoms with E-state index >= 15 is 0 Å². The van der Waals surface area contributed by atoms with Crippen molar-refractivity contribution < 1.29 is 28.9 Å². The number of carbonyl (C=O) groups excluding carboxylic acids is 2. The van der Waals surface area contributed by atoms with Gasteiger partial charge in [-0.1, -0.05) is 25.0 Å². The van der Waals surface area contributed by atoms with E-state index in [1.807, 2.05) is 38.1 Å². The van der Waals surface area contributed by atoms with Gasteiger partial charge in [-0.05, 0) is 62.6 Å². The van der Waals surface area contributed by atoms with E-state index in [2.05, 4.69) is 0 Å². The second-order valence-electron chi connectivity index (χ2n) is 8.95. The van der Waals surface area contributed by atoms with Crippen molar-refractivity contribution in [2.24, 2.45) is 0 Å². The quantitative estimate of drug-likeness (QED) is 0.409. The molecule has 5 rings (SSSR count). The zero-order valence-electron chi connectivity index (χ0n) is 18.7. The molecule has 0 radical (unpaired) electrons. The maximum absolute atomic E-state index is 13.2.